The Kier molecular flexibility index (Phi) is 7.75. The van der Waals surface area contributed by atoms with E-state index >= 15 is 0 Å². The molecule has 1 aromatic carbocycles. The zero-order valence-electron chi connectivity index (χ0n) is 18.6. The van der Waals surface area contributed by atoms with E-state index in [0.717, 1.165) is 18.9 Å². The number of benzene rings is 1. The molecule has 1 fully saturated rings. The number of carbonyl (C=O) groups is 1. The number of nitrogens with one attached hydrogen (secondary N) is 1. The lowest BCUT2D eigenvalue weighted by atomic mass is 10.1. The summed E-state index contributed by atoms with van der Waals surface area (Å²) in [6.45, 7) is 4.46. The van der Waals surface area contributed by atoms with Gasteiger partial charge in [-0.15, -0.1) is 0 Å². The van der Waals surface area contributed by atoms with Gasteiger partial charge < -0.3 is 29.2 Å². The molecule has 0 atom stereocenters. The van der Waals surface area contributed by atoms with E-state index in [4.69, 9.17) is 18.9 Å². The van der Waals surface area contributed by atoms with Crippen LogP contribution in [0.4, 0.5) is 5.82 Å². The molecule has 1 N–H and O–H groups in total. The Balaban J connectivity index is 1.57. The van der Waals surface area contributed by atoms with Crippen molar-refractivity contribution in [2.75, 3.05) is 52.5 Å². The van der Waals surface area contributed by atoms with Crippen LogP contribution in [-0.4, -0.2) is 63.4 Å². The number of anilines is 1. The summed E-state index contributed by atoms with van der Waals surface area (Å²) in [5, 5.41) is 2.83. The molecular formula is C22H30N4O5. The molecule has 0 bridgehead atoms. The van der Waals surface area contributed by atoms with Crippen molar-refractivity contribution in [3.05, 3.63) is 29.6 Å². The van der Waals surface area contributed by atoms with Crippen LogP contribution in [0.2, 0.25) is 0 Å². The van der Waals surface area contributed by atoms with Crippen LogP contribution >= 0.6 is 0 Å². The van der Waals surface area contributed by atoms with Crippen LogP contribution < -0.4 is 29.2 Å². The van der Waals surface area contributed by atoms with E-state index < -0.39 is 0 Å². The molecule has 168 valence electrons. The first-order chi connectivity index (χ1) is 15.0. The van der Waals surface area contributed by atoms with Crippen molar-refractivity contribution in [1.29, 1.82) is 0 Å². The summed E-state index contributed by atoms with van der Waals surface area (Å²) >= 11 is 0. The average Bonchev–Trinajstić information content (AvgIpc) is 2.80. The quantitative estimate of drug-likeness (QED) is 0.607. The summed E-state index contributed by atoms with van der Waals surface area (Å²) in [6.07, 6.45) is 3.61. The van der Waals surface area contributed by atoms with E-state index in [2.05, 4.69) is 20.2 Å². The average molecular weight is 431 g/mol. The van der Waals surface area contributed by atoms with Gasteiger partial charge in [0.1, 0.15) is 18.2 Å². The Bertz CT molecular complexity index is 874. The van der Waals surface area contributed by atoms with E-state index in [9.17, 15) is 4.79 Å². The Morgan fingerprint density at radius 1 is 1.00 bits per heavy atom. The summed E-state index contributed by atoms with van der Waals surface area (Å²) in [5.41, 5.74) is 0.403. The summed E-state index contributed by atoms with van der Waals surface area (Å²) in [7, 11) is 4.53. The molecule has 1 aliphatic heterocycles. The molecule has 2 aromatic rings. The van der Waals surface area contributed by atoms with Gasteiger partial charge in [-0.05, 0) is 38.3 Å². The Labute approximate surface area is 182 Å². The maximum absolute atomic E-state index is 12.6. The van der Waals surface area contributed by atoms with Gasteiger partial charge in [0.05, 0.1) is 27.9 Å². The minimum Gasteiger partial charge on any atom is -0.493 e. The summed E-state index contributed by atoms with van der Waals surface area (Å²) in [6, 6.07) is 5.08. The van der Waals surface area contributed by atoms with Gasteiger partial charge in [-0.25, -0.2) is 4.98 Å². The van der Waals surface area contributed by atoms with Crippen molar-refractivity contribution in [3.63, 3.8) is 0 Å². The maximum Gasteiger partial charge on any atom is 0.251 e. The van der Waals surface area contributed by atoms with Crippen molar-refractivity contribution >= 4 is 11.7 Å². The predicted molar refractivity (Wildman–Crippen MR) is 117 cm³/mol. The molecule has 0 unspecified atom stereocenters. The highest BCUT2D eigenvalue weighted by Crippen LogP contribution is 2.38. The molecule has 1 amide bonds. The Morgan fingerprint density at radius 2 is 1.68 bits per heavy atom. The molecule has 9 nitrogen and oxygen atoms in total. The molecule has 0 spiro atoms. The lowest BCUT2D eigenvalue weighted by molar-refractivity contribution is 0.0945. The van der Waals surface area contributed by atoms with Crippen LogP contribution in [0, 0.1) is 6.92 Å². The molecule has 2 heterocycles. The van der Waals surface area contributed by atoms with Crippen molar-refractivity contribution in [2.45, 2.75) is 26.2 Å². The summed E-state index contributed by atoms with van der Waals surface area (Å²) < 4.78 is 21.7. The normalized spacial score (nSPS) is 13.5. The van der Waals surface area contributed by atoms with E-state index in [1.165, 1.54) is 40.6 Å². The number of methoxy groups -OCH3 is 3. The largest absolute Gasteiger partial charge is 0.493 e. The van der Waals surface area contributed by atoms with Crippen LogP contribution in [0.3, 0.4) is 0 Å². The monoisotopic (exact) mass is 430 g/mol. The van der Waals surface area contributed by atoms with Crippen molar-refractivity contribution in [3.8, 4) is 23.1 Å². The minimum absolute atomic E-state index is 0.268. The lowest BCUT2D eigenvalue weighted by Gasteiger charge is -2.28. The first-order valence-electron chi connectivity index (χ1n) is 10.4. The summed E-state index contributed by atoms with van der Waals surface area (Å²) in [5.74, 6) is 3.08. The standard InChI is InChI=1S/C22H30N4O5/c1-15-24-19(26-9-6-5-7-10-26)14-20(25-15)31-11-8-23-22(27)16-12-17(28-2)21(30-4)18(13-16)29-3/h12-14H,5-11H2,1-4H3,(H,23,27). The number of ether oxygens (including phenoxy) is 4. The highest BCUT2D eigenvalue weighted by molar-refractivity contribution is 5.95. The topological polar surface area (TPSA) is 95.0 Å². The number of amides is 1. The number of hydrogen-bond donors (Lipinski definition) is 1. The number of rotatable bonds is 9. The van der Waals surface area contributed by atoms with Crippen molar-refractivity contribution in [2.24, 2.45) is 0 Å². The first-order valence-corrected chi connectivity index (χ1v) is 10.4. The fourth-order valence-electron chi connectivity index (χ4n) is 3.52. The molecule has 31 heavy (non-hydrogen) atoms. The van der Waals surface area contributed by atoms with Gasteiger partial charge >= 0.3 is 0 Å². The second kappa shape index (κ2) is 10.7. The van der Waals surface area contributed by atoms with Gasteiger partial charge in [0.2, 0.25) is 11.6 Å². The first kappa shape index (κ1) is 22.5. The van der Waals surface area contributed by atoms with Crippen LogP contribution in [0.25, 0.3) is 0 Å². The smallest absolute Gasteiger partial charge is 0.251 e. The fraction of sp³-hybridized carbons (Fsp3) is 0.500. The van der Waals surface area contributed by atoms with Crippen LogP contribution in [0.5, 0.6) is 23.1 Å². The fourth-order valence-corrected chi connectivity index (χ4v) is 3.52. The zero-order valence-corrected chi connectivity index (χ0v) is 18.6. The Morgan fingerprint density at radius 3 is 2.29 bits per heavy atom. The van der Waals surface area contributed by atoms with Gasteiger partial charge in [-0.3, -0.25) is 4.79 Å². The van der Waals surface area contributed by atoms with Gasteiger partial charge in [0.25, 0.3) is 5.91 Å². The van der Waals surface area contributed by atoms with Gasteiger partial charge in [0, 0.05) is 24.7 Å². The zero-order chi connectivity index (χ0) is 22.2. The molecule has 3 rings (SSSR count). The number of nitrogens with zero attached hydrogens (tertiary/aromatic N) is 3. The van der Waals surface area contributed by atoms with E-state index in [1.807, 2.05) is 13.0 Å². The van der Waals surface area contributed by atoms with Crippen LogP contribution in [0.15, 0.2) is 18.2 Å². The van der Waals surface area contributed by atoms with Crippen molar-refractivity contribution < 1.29 is 23.7 Å². The number of carbonyl (C=O) groups excluding carboxylic acids is 1. The Hall–Kier alpha value is -3.23. The predicted octanol–water partition coefficient (Wildman–Crippen LogP) is 2.61. The highest BCUT2D eigenvalue weighted by Gasteiger charge is 2.17. The third-order valence-corrected chi connectivity index (χ3v) is 5.05. The number of piperidine rings is 1. The molecule has 0 saturated carbocycles. The maximum atomic E-state index is 12.6. The molecule has 1 aromatic heterocycles. The van der Waals surface area contributed by atoms with Crippen LogP contribution in [0.1, 0.15) is 35.4 Å². The lowest BCUT2D eigenvalue weighted by Crippen LogP contribution is -2.30. The number of aryl methyl sites for hydroxylation is 1. The third kappa shape index (κ3) is 5.68. The van der Waals surface area contributed by atoms with E-state index in [0.29, 0.717) is 41.1 Å². The van der Waals surface area contributed by atoms with E-state index in [-0.39, 0.29) is 12.5 Å². The molecule has 1 aliphatic rings. The number of hydrogen-bond acceptors (Lipinski definition) is 8. The molecule has 0 radical (unpaired) electrons. The van der Waals surface area contributed by atoms with Gasteiger partial charge in [0.15, 0.2) is 11.5 Å². The third-order valence-electron chi connectivity index (χ3n) is 5.05. The minimum atomic E-state index is -0.268. The highest BCUT2D eigenvalue weighted by atomic mass is 16.5. The molecule has 9 heteroatoms. The molecule has 1 saturated heterocycles. The van der Waals surface area contributed by atoms with Crippen molar-refractivity contribution in [1.82, 2.24) is 15.3 Å². The van der Waals surface area contributed by atoms with Gasteiger partial charge in [-0.2, -0.15) is 4.98 Å². The van der Waals surface area contributed by atoms with Crippen LogP contribution in [-0.2, 0) is 0 Å². The molecular weight excluding hydrogens is 400 g/mol. The summed E-state index contributed by atoms with van der Waals surface area (Å²) in [4.78, 5) is 23.7. The van der Waals surface area contributed by atoms with Gasteiger partial charge in [-0.1, -0.05) is 0 Å². The van der Waals surface area contributed by atoms with E-state index in [1.54, 1.807) is 12.1 Å². The number of aromatic nitrogens is 2. The SMILES string of the molecule is COc1cc(C(=O)NCCOc2cc(N3CCCCC3)nc(C)n2)cc(OC)c1OC. The second-order valence-electron chi connectivity index (χ2n) is 7.18. The molecule has 0 aliphatic carbocycles. The second-order valence-corrected chi connectivity index (χ2v) is 7.18.